The smallest absolute Gasteiger partial charge is 0.219 e. The van der Waals surface area contributed by atoms with E-state index in [-0.39, 0.29) is 17.3 Å². The molecule has 0 saturated heterocycles. The molecule has 0 aliphatic carbocycles. The number of halogens is 1. The van der Waals surface area contributed by atoms with Crippen LogP contribution in [0.25, 0.3) is 39.2 Å². The number of benzene rings is 2. The molecule has 0 unspecified atom stereocenters. The number of hydrogen-bond acceptors (Lipinski definition) is 5. The summed E-state index contributed by atoms with van der Waals surface area (Å²) in [4.78, 5) is 13.1. The second-order valence-corrected chi connectivity index (χ2v) is 8.59. The Bertz CT molecular complexity index is 1410. The fourth-order valence-electron chi connectivity index (χ4n) is 3.91. The first-order chi connectivity index (χ1) is 15.3. The number of fused-ring (bicyclic) bond motifs is 1. The maximum Gasteiger partial charge on any atom is 0.219 e. The molecule has 32 heavy (non-hydrogen) atoms. The average molecular weight is 427 g/mol. The molecule has 2 N–H and O–H groups in total. The van der Waals surface area contributed by atoms with Gasteiger partial charge in [-0.05, 0) is 62.7 Å². The van der Waals surface area contributed by atoms with E-state index >= 15 is 0 Å². The van der Waals surface area contributed by atoms with Crippen LogP contribution in [0.5, 0.6) is 0 Å². The number of imidazole rings is 1. The molecule has 3 aromatic heterocycles. The van der Waals surface area contributed by atoms with E-state index in [1.54, 1.807) is 29.3 Å². The predicted octanol–water partition coefficient (Wildman–Crippen LogP) is 4.82. The third-order valence-corrected chi connectivity index (χ3v) is 5.28. The zero-order valence-corrected chi connectivity index (χ0v) is 18.0. The van der Waals surface area contributed by atoms with E-state index in [2.05, 4.69) is 40.4 Å². The van der Waals surface area contributed by atoms with Crippen molar-refractivity contribution in [2.24, 2.45) is 0 Å². The second-order valence-electron chi connectivity index (χ2n) is 8.59. The van der Waals surface area contributed by atoms with E-state index in [9.17, 15) is 4.39 Å². The van der Waals surface area contributed by atoms with Crippen molar-refractivity contribution >= 4 is 17.0 Å². The van der Waals surface area contributed by atoms with Gasteiger partial charge in [0.2, 0.25) is 5.95 Å². The van der Waals surface area contributed by atoms with Crippen molar-refractivity contribution in [2.45, 2.75) is 26.3 Å². The van der Waals surface area contributed by atoms with E-state index in [0.717, 1.165) is 27.8 Å². The highest BCUT2D eigenvalue weighted by atomic mass is 19.1. The van der Waals surface area contributed by atoms with Crippen molar-refractivity contribution in [2.75, 3.05) is 5.73 Å². The molecule has 0 bridgehead atoms. The highest BCUT2D eigenvalue weighted by Crippen LogP contribution is 2.35. The molecule has 3 heterocycles. The monoisotopic (exact) mass is 427 g/mol. The first-order valence-corrected chi connectivity index (χ1v) is 10.2. The van der Waals surface area contributed by atoms with E-state index in [1.165, 1.54) is 12.1 Å². The largest absolute Gasteiger partial charge is 0.368 e. The van der Waals surface area contributed by atoms with Crippen molar-refractivity contribution in [3.63, 3.8) is 0 Å². The van der Waals surface area contributed by atoms with Crippen LogP contribution in [0.4, 0.5) is 10.3 Å². The topological polar surface area (TPSA) is 87.4 Å². The van der Waals surface area contributed by atoms with Crippen LogP contribution < -0.4 is 5.73 Å². The van der Waals surface area contributed by atoms with Crippen molar-refractivity contribution in [3.05, 3.63) is 73.1 Å². The lowest BCUT2D eigenvalue weighted by Crippen LogP contribution is -2.23. The molecule has 2 aromatic carbocycles. The van der Waals surface area contributed by atoms with Crippen LogP contribution in [0.15, 0.2) is 67.3 Å². The predicted molar refractivity (Wildman–Crippen MR) is 123 cm³/mol. The Morgan fingerprint density at radius 3 is 2.44 bits per heavy atom. The van der Waals surface area contributed by atoms with Gasteiger partial charge >= 0.3 is 0 Å². The fourth-order valence-corrected chi connectivity index (χ4v) is 3.91. The Kier molecular flexibility index (Phi) is 4.51. The average Bonchev–Trinajstić information content (AvgIpc) is 3.41. The van der Waals surface area contributed by atoms with Gasteiger partial charge in [-0.3, -0.25) is 0 Å². The first-order valence-electron chi connectivity index (χ1n) is 10.2. The Morgan fingerprint density at radius 1 is 0.969 bits per heavy atom. The molecule has 0 aliphatic rings. The quantitative estimate of drug-likeness (QED) is 0.446. The summed E-state index contributed by atoms with van der Waals surface area (Å²) in [7, 11) is 0. The summed E-state index contributed by atoms with van der Waals surface area (Å²) in [5.41, 5.74) is 10.2. The van der Waals surface area contributed by atoms with Gasteiger partial charge in [0.25, 0.3) is 0 Å². The minimum absolute atomic E-state index is 0.228. The molecule has 7 nitrogen and oxygen atoms in total. The van der Waals surface area contributed by atoms with Crippen LogP contribution in [0, 0.1) is 5.82 Å². The molecule has 5 rings (SSSR count). The maximum atomic E-state index is 14.4. The highest BCUT2D eigenvalue weighted by Gasteiger charge is 2.25. The van der Waals surface area contributed by atoms with Crippen molar-refractivity contribution in [3.8, 4) is 28.2 Å². The van der Waals surface area contributed by atoms with Gasteiger partial charge in [0.05, 0.1) is 16.7 Å². The molecule has 160 valence electrons. The third kappa shape index (κ3) is 3.39. The summed E-state index contributed by atoms with van der Waals surface area (Å²) in [6.07, 6.45) is 6.90. The molecule has 0 amide bonds. The first kappa shape index (κ1) is 19.9. The van der Waals surface area contributed by atoms with E-state index in [0.29, 0.717) is 11.4 Å². The van der Waals surface area contributed by atoms with E-state index in [4.69, 9.17) is 10.7 Å². The lowest BCUT2D eigenvalue weighted by molar-refractivity contribution is 0.413. The van der Waals surface area contributed by atoms with Crippen LogP contribution in [-0.2, 0) is 5.54 Å². The molecule has 0 radical (unpaired) electrons. The van der Waals surface area contributed by atoms with Gasteiger partial charge in [0.15, 0.2) is 0 Å². The van der Waals surface area contributed by atoms with Crippen molar-refractivity contribution in [1.82, 2.24) is 29.3 Å². The summed E-state index contributed by atoms with van der Waals surface area (Å²) in [6, 6.07) is 12.5. The number of nitrogens with two attached hydrogens (primary N) is 1. The fraction of sp³-hybridized carbons (Fsp3) is 0.167. The summed E-state index contributed by atoms with van der Waals surface area (Å²) in [5.74, 6) is 0.567. The number of nitrogen functional groups attached to an aromatic ring is 1. The Morgan fingerprint density at radius 2 is 1.75 bits per heavy atom. The summed E-state index contributed by atoms with van der Waals surface area (Å²) in [5, 5.41) is 4.34. The van der Waals surface area contributed by atoms with Crippen LogP contribution in [0.1, 0.15) is 20.8 Å². The van der Waals surface area contributed by atoms with Gasteiger partial charge in [-0.1, -0.05) is 6.07 Å². The van der Waals surface area contributed by atoms with Gasteiger partial charge < -0.3 is 10.3 Å². The highest BCUT2D eigenvalue weighted by molar-refractivity contribution is 5.87. The van der Waals surface area contributed by atoms with Crippen LogP contribution in [0.2, 0.25) is 0 Å². The SMILES string of the molecule is CC(C)(C)n1c(-c2cc(F)ccc2-n2cccn2)nc2cc(-c3cnc(N)nc3)ccc21. The van der Waals surface area contributed by atoms with Crippen molar-refractivity contribution in [1.29, 1.82) is 0 Å². The zero-order valence-electron chi connectivity index (χ0n) is 18.0. The molecule has 5 aromatic rings. The molecule has 8 heteroatoms. The number of aromatic nitrogens is 6. The second kappa shape index (κ2) is 7.26. The molecule has 0 spiro atoms. The van der Waals surface area contributed by atoms with Crippen LogP contribution in [-0.4, -0.2) is 29.3 Å². The summed E-state index contributed by atoms with van der Waals surface area (Å²) < 4.78 is 18.2. The molecule has 0 atom stereocenters. The summed E-state index contributed by atoms with van der Waals surface area (Å²) in [6.45, 7) is 6.31. The Hall–Kier alpha value is -4.07. The van der Waals surface area contributed by atoms with Crippen LogP contribution in [0.3, 0.4) is 0 Å². The van der Waals surface area contributed by atoms with Gasteiger partial charge in [-0.15, -0.1) is 0 Å². The molecular weight excluding hydrogens is 405 g/mol. The van der Waals surface area contributed by atoms with E-state index in [1.807, 2.05) is 30.5 Å². The van der Waals surface area contributed by atoms with E-state index < -0.39 is 0 Å². The molecule has 0 fully saturated rings. The van der Waals surface area contributed by atoms with Crippen LogP contribution >= 0.6 is 0 Å². The Balaban J connectivity index is 1.77. The van der Waals surface area contributed by atoms with Gasteiger partial charge in [-0.2, -0.15) is 5.10 Å². The summed E-state index contributed by atoms with van der Waals surface area (Å²) >= 11 is 0. The zero-order chi connectivity index (χ0) is 22.5. The number of anilines is 1. The molecule has 0 saturated carbocycles. The minimum atomic E-state index is -0.330. The Labute approximate surface area is 184 Å². The standard InChI is InChI=1S/C24H22FN7/c1-24(2,3)32-21-7-5-15(16-13-27-23(26)28-14-16)11-19(21)30-22(32)18-12-17(25)6-8-20(18)31-10-4-9-29-31/h4-14H,1-3H3,(H2,26,27,28). The maximum absolute atomic E-state index is 14.4. The van der Waals surface area contributed by atoms with Gasteiger partial charge in [-0.25, -0.2) is 24.0 Å². The van der Waals surface area contributed by atoms with Gasteiger partial charge in [0, 0.05) is 41.5 Å². The van der Waals surface area contributed by atoms with Crippen molar-refractivity contribution < 1.29 is 4.39 Å². The number of hydrogen-bond donors (Lipinski definition) is 1. The minimum Gasteiger partial charge on any atom is -0.368 e. The third-order valence-electron chi connectivity index (χ3n) is 5.28. The molecular formula is C24H22FN7. The normalized spacial score (nSPS) is 11.9. The van der Waals surface area contributed by atoms with Gasteiger partial charge in [0.1, 0.15) is 11.6 Å². The molecule has 0 aliphatic heterocycles. The lowest BCUT2D eigenvalue weighted by Gasteiger charge is -2.25. The lowest BCUT2D eigenvalue weighted by atomic mass is 10.0. The number of rotatable bonds is 3. The number of nitrogens with zero attached hydrogens (tertiary/aromatic N) is 6.